The van der Waals surface area contributed by atoms with Crippen molar-refractivity contribution in [2.75, 3.05) is 26.3 Å². The lowest BCUT2D eigenvalue weighted by molar-refractivity contribution is -0.0462. The second kappa shape index (κ2) is 6.67. The van der Waals surface area contributed by atoms with Crippen molar-refractivity contribution in [1.82, 2.24) is 4.90 Å². The number of hydrogen-bond acceptors (Lipinski definition) is 4. The smallest absolute Gasteiger partial charge is 0.410 e. The van der Waals surface area contributed by atoms with Crippen LogP contribution in [0.4, 0.5) is 4.79 Å². The highest BCUT2D eigenvalue weighted by Gasteiger charge is 2.42. The molecule has 5 nitrogen and oxygen atoms in total. The van der Waals surface area contributed by atoms with Crippen molar-refractivity contribution < 1.29 is 19.4 Å². The molecule has 5 heteroatoms. The van der Waals surface area contributed by atoms with E-state index in [1.165, 1.54) is 0 Å². The van der Waals surface area contributed by atoms with Crippen LogP contribution < -0.4 is 0 Å². The third kappa shape index (κ3) is 3.42. The van der Waals surface area contributed by atoms with Gasteiger partial charge in [-0.3, -0.25) is 0 Å². The maximum Gasteiger partial charge on any atom is 0.410 e. The van der Waals surface area contributed by atoms with Crippen LogP contribution in [0.1, 0.15) is 24.8 Å². The van der Waals surface area contributed by atoms with Crippen molar-refractivity contribution in [3.63, 3.8) is 0 Å². The standard InChI is InChI=1S/C17H23NO4/c19-16(22-12-14-4-2-1-3-5-14)18-9-6-15(7-10-18)17(20)8-11-21-13-17/h1-5,15,20H,6-13H2. The number of amides is 1. The normalized spacial score (nSPS) is 26.1. The first-order chi connectivity index (χ1) is 10.7. The van der Waals surface area contributed by atoms with Gasteiger partial charge in [0.05, 0.1) is 12.2 Å². The summed E-state index contributed by atoms with van der Waals surface area (Å²) in [5.41, 5.74) is 0.295. The zero-order valence-corrected chi connectivity index (χ0v) is 12.7. The second-order valence-electron chi connectivity index (χ2n) is 6.21. The summed E-state index contributed by atoms with van der Waals surface area (Å²) in [7, 11) is 0. The van der Waals surface area contributed by atoms with Gasteiger partial charge in [0.1, 0.15) is 6.61 Å². The van der Waals surface area contributed by atoms with Crippen LogP contribution in [0, 0.1) is 5.92 Å². The first-order valence-electron chi connectivity index (χ1n) is 7.93. The maximum absolute atomic E-state index is 12.1. The highest BCUT2D eigenvalue weighted by Crippen LogP contribution is 2.34. The molecule has 2 heterocycles. The number of benzene rings is 1. The molecule has 1 atom stereocenters. The molecule has 0 radical (unpaired) electrons. The summed E-state index contributed by atoms with van der Waals surface area (Å²) in [4.78, 5) is 13.8. The molecule has 0 spiro atoms. The van der Waals surface area contributed by atoms with Crippen LogP contribution in [-0.2, 0) is 16.1 Å². The van der Waals surface area contributed by atoms with Gasteiger partial charge >= 0.3 is 6.09 Å². The van der Waals surface area contributed by atoms with E-state index in [0.717, 1.165) is 18.4 Å². The molecule has 2 fully saturated rings. The summed E-state index contributed by atoms with van der Waals surface area (Å²) >= 11 is 0. The zero-order valence-electron chi connectivity index (χ0n) is 12.7. The van der Waals surface area contributed by atoms with Crippen molar-refractivity contribution in [2.24, 2.45) is 5.92 Å². The third-order valence-electron chi connectivity index (χ3n) is 4.75. The molecule has 0 aromatic heterocycles. The van der Waals surface area contributed by atoms with Crippen molar-refractivity contribution in [3.05, 3.63) is 35.9 Å². The fourth-order valence-electron chi connectivity index (χ4n) is 3.30. The summed E-state index contributed by atoms with van der Waals surface area (Å²) in [5, 5.41) is 10.5. The van der Waals surface area contributed by atoms with E-state index in [0.29, 0.717) is 39.3 Å². The van der Waals surface area contributed by atoms with Gasteiger partial charge in [0.25, 0.3) is 0 Å². The van der Waals surface area contributed by atoms with E-state index >= 15 is 0 Å². The predicted molar refractivity (Wildman–Crippen MR) is 81.3 cm³/mol. The average molecular weight is 305 g/mol. The highest BCUT2D eigenvalue weighted by molar-refractivity contribution is 5.67. The van der Waals surface area contributed by atoms with Gasteiger partial charge in [0.15, 0.2) is 0 Å². The number of nitrogens with zero attached hydrogens (tertiary/aromatic N) is 1. The molecular weight excluding hydrogens is 282 g/mol. The van der Waals surface area contributed by atoms with Crippen LogP contribution in [0.2, 0.25) is 0 Å². The van der Waals surface area contributed by atoms with Crippen molar-refractivity contribution in [2.45, 2.75) is 31.5 Å². The summed E-state index contributed by atoms with van der Waals surface area (Å²) in [6.07, 6.45) is 2.05. The van der Waals surface area contributed by atoms with Crippen LogP contribution in [0.5, 0.6) is 0 Å². The Morgan fingerprint density at radius 2 is 2.05 bits per heavy atom. The largest absolute Gasteiger partial charge is 0.445 e. The molecule has 1 aromatic rings. The van der Waals surface area contributed by atoms with Crippen LogP contribution >= 0.6 is 0 Å². The SMILES string of the molecule is O=C(OCc1ccccc1)N1CCC(C2(O)CCOC2)CC1. The predicted octanol–water partition coefficient (Wildman–Crippen LogP) is 2.19. The molecule has 3 rings (SSSR count). The molecule has 0 aliphatic carbocycles. The van der Waals surface area contributed by atoms with Gasteiger partial charge in [0, 0.05) is 26.1 Å². The molecule has 1 N–H and O–H groups in total. The second-order valence-corrected chi connectivity index (χ2v) is 6.21. The quantitative estimate of drug-likeness (QED) is 0.930. The monoisotopic (exact) mass is 305 g/mol. The number of piperidine rings is 1. The van der Waals surface area contributed by atoms with Crippen LogP contribution in [0.15, 0.2) is 30.3 Å². The number of aliphatic hydroxyl groups is 1. The minimum Gasteiger partial charge on any atom is -0.445 e. The Balaban J connectivity index is 1.45. The number of hydrogen-bond donors (Lipinski definition) is 1. The Morgan fingerprint density at radius 3 is 2.68 bits per heavy atom. The summed E-state index contributed by atoms with van der Waals surface area (Å²) in [6.45, 7) is 2.64. The number of carbonyl (C=O) groups is 1. The van der Waals surface area contributed by atoms with Gasteiger partial charge in [-0.1, -0.05) is 30.3 Å². The van der Waals surface area contributed by atoms with Crippen LogP contribution in [0.3, 0.4) is 0 Å². The number of ether oxygens (including phenoxy) is 2. The average Bonchev–Trinajstić information content (AvgIpc) is 3.02. The van der Waals surface area contributed by atoms with Gasteiger partial charge in [0.2, 0.25) is 0 Å². The van der Waals surface area contributed by atoms with E-state index in [1.807, 2.05) is 30.3 Å². The Bertz CT molecular complexity index is 491. The zero-order chi connectivity index (χ0) is 15.4. The Morgan fingerprint density at radius 1 is 1.32 bits per heavy atom. The Labute approximate surface area is 130 Å². The first kappa shape index (κ1) is 15.3. The van der Waals surface area contributed by atoms with E-state index < -0.39 is 5.60 Å². The van der Waals surface area contributed by atoms with E-state index in [-0.39, 0.29) is 12.0 Å². The van der Waals surface area contributed by atoms with E-state index in [4.69, 9.17) is 9.47 Å². The summed E-state index contributed by atoms with van der Waals surface area (Å²) in [6, 6.07) is 9.68. The van der Waals surface area contributed by atoms with Crippen molar-refractivity contribution in [3.8, 4) is 0 Å². The molecular formula is C17H23NO4. The first-order valence-corrected chi connectivity index (χ1v) is 7.93. The minimum absolute atomic E-state index is 0.216. The van der Waals surface area contributed by atoms with Gasteiger partial charge < -0.3 is 19.5 Å². The van der Waals surface area contributed by atoms with Crippen molar-refractivity contribution in [1.29, 1.82) is 0 Å². The van der Waals surface area contributed by atoms with Crippen LogP contribution in [0.25, 0.3) is 0 Å². The molecule has 1 unspecified atom stereocenters. The van der Waals surface area contributed by atoms with Crippen molar-refractivity contribution >= 4 is 6.09 Å². The van der Waals surface area contributed by atoms with E-state index in [2.05, 4.69) is 0 Å². The molecule has 120 valence electrons. The van der Waals surface area contributed by atoms with E-state index in [9.17, 15) is 9.90 Å². The fraction of sp³-hybridized carbons (Fsp3) is 0.588. The van der Waals surface area contributed by atoms with Crippen LogP contribution in [-0.4, -0.2) is 48.0 Å². The Kier molecular flexibility index (Phi) is 4.64. The third-order valence-corrected chi connectivity index (χ3v) is 4.75. The topological polar surface area (TPSA) is 59.0 Å². The fourth-order valence-corrected chi connectivity index (χ4v) is 3.30. The molecule has 1 amide bonds. The molecule has 2 aliphatic heterocycles. The van der Waals surface area contributed by atoms with Gasteiger partial charge in [-0.15, -0.1) is 0 Å². The summed E-state index contributed by atoms with van der Waals surface area (Å²) < 4.78 is 10.7. The molecule has 0 saturated carbocycles. The molecule has 2 saturated heterocycles. The molecule has 0 bridgehead atoms. The summed E-state index contributed by atoms with van der Waals surface area (Å²) in [5.74, 6) is 0.216. The number of rotatable bonds is 3. The minimum atomic E-state index is -0.694. The van der Waals surface area contributed by atoms with E-state index in [1.54, 1.807) is 4.90 Å². The number of likely N-dealkylation sites (tertiary alicyclic amines) is 1. The van der Waals surface area contributed by atoms with Gasteiger partial charge in [-0.25, -0.2) is 4.79 Å². The van der Waals surface area contributed by atoms with Gasteiger partial charge in [-0.05, 0) is 24.3 Å². The number of carbonyl (C=O) groups excluding carboxylic acids is 1. The van der Waals surface area contributed by atoms with Gasteiger partial charge in [-0.2, -0.15) is 0 Å². The Hall–Kier alpha value is -1.59. The lowest BCUT2D eigenvalue weighted by Crippen LogP contribution is -2.47. The highest BCUT2D eigenvalue weighted by atomic mass is 16.6. The molecule has 1 aromatic carbocycles. The lowest BCUT2D eigenvalue weighted by Gasteiger charge is -2.38. The lowest BCUT2D eigenvalue weighted by atomic mass is 9.80. The molecule has 2 aliphatic rings. The maximum atomic E-state index is 12.1. The molecule has 22 heavy (non-hydrogen) atoms.